The van der Waals surface area contributed by atoms with E-state index in [4.69, 9.17) is 8.83 Å². The Kier molecular flexibility index (Phi) is 5.83. The zero-order valence-electron chi connectivity index (χ0n) is 26.8. The van der Waals surface area contributed by atoms with Crippen LogP contribution in [0.1, 0.15) is 0 Å². The van der Waals surface area contributed by atoms with Crippen molar-refractivity contribution in [3.05, 3.63) is 164 Å². The molecule has 3 aromatic heterocycles. The van der Waals surface area contributed by atoms with E-state index in [9.17, 15) is 0 Å². The highest BCUT2D eigenvalue weighted by Crippen LogP contribution is 2.44. The molecule has 8 aromatic carbocycles. The van der Waals surface area contributed by atoms with E-state index in [2.05, 4.69) is 157 Å². The molecule has 4 heteroatoms. The largest absolute Gasteiger partial charge is 0.456 e. The molecular weight excluding hydrogens is 631 g/mol. The molecule has 0 aliphatic carbocycles. The van der Waals surface area contributed by atoms with Gasteiger partial charge < -0.3 is 13.7 Å². The minimum Gasteiger partial charge on any atom is -0.456 e. The van der Waals surface area contributed by atoms with Crippen LogP contribution in [0.2, 0.25) is 0 Å². The summed E-state index contributed by atoms with van der Waals surface area (Å²) in [5.74, 6) is 0. The summed E-state index contributed by atoms with van der Waals surface area (Å²) in [6.45, 7) is 0. The Morgan fingerprint density at radius 1 is 0.380 bits per heavy atom. The summed E-state index contributed by atoms with van der Waals surface area (Å²) >= 11 is 1.84. The molecule has 3 heterocycles. The van der Waals surface area contributed by atoms with Crippen LogP contribution in [0.15, 0.2) is 173 Å². The molecule has 50 heavy (non-hydrogen) atoms. The van der Waals surface area contributed by atoms with Crippen LogP contribution in [0.25, 0.3) is 85.9 Å². The van der Waals surface area contributed by atoms with Crippen LogP contribution in [-0.4, -0.2) is 0 Å². The second kappa shape index (κ2) is 10.6. The summed E-state index contributed by atoms with van der Waals surface area (Å²) in [5.41, 5.74) is 8.99. The molecule has 3 nitrogen and oxygen atoms in total. The molecule has 0 atom stereocenters. The minimum atomic E-state index is 0.872. The number of hydrogen-bond acceptors (Lipinski definition) is 4. The fourth-order valence-electron chi connectivity index (χ4n) is 7.70. The maximum atomic E-state index is 6.68. The van der Waals surface area contributed by atoms with E-state index in [0.29, 0.717) is 0 Å². The lowest BCUT2D eigenvalue weighted by Crippen LogP contribution is -2.09. The van der Waals surface area contributed by atoms with Gasteiger partial charge in [-0.15, -0.1) is 11.3 Å². The lowest BCUT2D eigenvalue weighted by molar-refractivity contribution is 0.669. The van der Waals surface area contributed by atoms with Crippen molar-refractivity contribution in [2.24, 2.45) is 0 Å². The number of benzene rings is 8. The van der Waals surface area contributed by atoms with Crippen molar-refractivity contribution >= 4 is 103 Å². The summed E-state index contributed by atoms with van der Waals surface area (Å²) in [6.07, 6.45) is 0. The van der Waals surface area contributed by atoms with Crippen molar-refractivity contribution in [3.63, 3.8) is 0 Å². The first kappa shape index (κ1) is 27.6. The van der Waals surface area contributed by atoms with Crippen LogP contribution in [0.3, 0.4) is 0 Å². The maximum Gasteiger partial charge on any atom is 0.143 e. The van der Waals surface area contributed by atoms with E-state index in [1.165, 1.54) is 25.6 Å². The van der Waals surface area contributed by atoms with Gasteiger partial charge in [0.25, 0.3) is 0 Å². The topological polar surface area (TPSA) is 29.5 Å². The van der Waals surface area contributed by atoms with E-state index >= 15 is 0 Å². The monoisotopic (exact) mass is 657 g/mol. The molecule has 0 radical (unpaired) electrons. The van der Waals surface area contributed by atoms with Gasteiger partial charge in [0.1, 0.15) is 22.3 Å². The van der Waals surface area contributed by atoms with Crippen LogP contribution < -0.4 is 4.90 Å². The summed E-state index contributed by atoms with van der Waals surface area (Å²) < 4.78 is 15.6. The predicted molar refractivity (Wildman–Crippen MR) is 212 cm³/mol. The van der Waals surface area contributed by atoms with Crippen molar-refractivity contribution in [2.45, 2.75) is 0 Å². The van der Waals surface area contributed by atoms with Gasteiger partial charge in [-0.3, -0.25) is 0 Å². The predicted octanol–water partition coefficient (Wildman–Crippen LogP) is 14.1. The van der Waals surface area contributed by atoms with Gasteiger partial charge in [-0.25, -0.2) is 0 Å². The number of furan rings is 2. The highest BCUT2D eigenvalue weighted by molar-refractivity contribution is 7.25. The average Bonchev–Trinajstić information content (AvgIpc) is 3.86. The highest BCUT2D eigenvalue weighted by atomic mass is 32.1. The van der Waals surface area contributed by atoms with E-state index in [1.54, 1.807) is 0 Å². The summed E-state index contributed by atoms with van der Waals surface area (Å²) in [4.78, 5) is 2.33. The van der Waals surface area contributed by atoms with Gasteiger partial charge in [0.05, 0.1) is 0 Å². The molecule has 0 N–H and O–H groups in total. The van der Waals surface area contributed by atoms with E-state index < -0.39 is 0 Å². The zero-order chi connectivity index (χ0) is 32.8. The second-order valence-corrected chi connectivity index (χ2v) is 14.0. The molecule has 11 rings (SSSR count). The molecule has 234 valence electrons. The lowest BCUT2D eigenvalue weighted by atomic mass is 10.0. The van der Waals surface area contributed by atoms with E-state index in [-0.39, 0.29) is 0 Å². The van der Waals surface area contributed by atoms with Crippen molar-refractivity contribution in [1.29, 1.82) is 0 Å². The van der Waals surface area contributed by atoms with Crippen molar-refractivity contribution in [1.82, 2.24) is 0 Å². The first-order valence-electron chi connectivity index (χ1n) is 16.8. The number of para-hydroxylation sites is 2. The Morgan fingerprint density at radius 3 is 1.96 bits per heavy atom. The number of rotatable bonds is 4. The quantitative estimate of drug-likeness (QED) is 0.189. The molecule has 0 amide bonds. The van der Waals surface area contributed by atoms with Crippen molar-refractivity contribution < 1.29 is 8.83 Å². The molecule has 0 aliphatic heterocycles. The maximum absolute atomic E-state index is 6.68. The fourth-order valence-corrected chi connectivity index (χ4v) is 8.78. The average molecular weight is 658 g/mol. The Hall–Kier alpha value is -6.36. The Balaban J connectivity index is 1.08. The van der Waals surface area contributed by atoms with Crippen LogP contribution in [0.5, 0.6) is 0 Å². The van der Waals surface area contributed by atoms with Crippen LogP contribution in [0.4, 0.5) is 17.1 Å². The number of nitrogens with zero attached hydrogens (tertiary/aromatic N) is 1. The molecule has 0 spiro atoms. The molecule has 0 saturated heterocycles. The third-order valence-corrected chi connectivity index (χ3v) is 11.2. The van der Waals surface area contributed by atoms with Crippen molar-refractivity contribution in [2.75, 3.05) is 4.90 Å². The Morgan fingerprint density at radius 2 is 1.04 bits per heavy atom. The Bertz CT molecular complexity index is 3110. The standard InChI is InChI=1S/C46H27NO2S/c1-2-9-33-28(8-1)18-23-39-38-13-7-12-34(45(38)49-46(33)39)29-16-19-30(20-17-29)47(31-22-25-44-40(26-31)37-11-4-6-15-43(37)50-44)32-21-24-36-35-10-3-5-14-41(35)48-42(36)27-32/h1-27H. The lowest BCUT2D eigenvalue weighted by Gasteiger charge is -2.26. The number of thiophene rings is 1. The molecule has 0 bridgehead atoms. The van der Waals surface area contributed by atoms with Gasteiger partial charge in [-0.2, -0.15) is 0 Å². The number of anilines is 3. The Labute approximate surface area is 290 Å². The first-order chi connectivity index (χ1) is 24.8. The normalized spacial score (nSPS) is 12.0. The van der Waals surface area contributed by atoms with Gasteiger partial charge in [-0.05, 0) is 71.6 Å². The van der Waals surface area contributed by atoms with Crippen LogP contribution >= 0.6 is 11.3 Å². The van der Waals surface area contributed by atoms with Gasteiger partial charge in [-0.1, -0.05) is 97.1 Å². The van der Waals surface area contributed by atoms with Crippen LogP contribution in [-0.2, 0) is 0 Å². The molecule has 0 unspecified atom stereocenters. The van der Waals surface area contributed by atoms with Gasteiger partial charge >= 0.3 is 0 Å². The molecule has 11 aromatic rings. The zero-order valence-corrected chi connectivity index (χ0v) is 27.6. The second-order valence-electron chi connectivity index (χ2n) is 12.9. The fraction of sp³-hybridized carbons (Fsp3) is 0. The third-order valence-electron chi connectivity index (χ3n) is 10.1. The van der Waals surface area contributed by atoms with Crippen molar-refractivity contribution in [3.8, 4) is 11.1 Å². The third kappa shape index (κ3) is 4.09. The molecule has 0 aliphatic rings. The summed E-state index contributed by atoms with van der Waals surface area (Å²) in [6, 6.07) is 58.3. The highest BCUT2D eigenvalue weighted by Gasteiger charge is 2.19. The minimum absolute atomic E-state index is 0.872. The van der Waals surface area contributed by atoms with E-state index in [1.807, 2.05) is 23.5 Å². The SMILES string of the molecule is c1ccc2c(c1)ccc1c3cccc(-c4ccc(N(c5ccc6c(c5)oc5ccccc56)c5ccc6sc7ccccc7c6c5)cc4)c3oc21. The smallest absolute Gasteiger partial charge is 0.143 e. The summed E-state index contributed by atoms with van der Waals surface area (Å²) in [7, 11) is 0. The van der Waals surface area contributed by atoms with Crippen LogP contribution in [0, 0.1) is 0 Å². The van der Waals surface area contributed by atoms with Gasteiger partial charge in [0.15, 0.2) is 0 Å². The number of fused-ring (bicyclic) bond motifs is 11. The van der Waals surface area contributed by atoms with E-state index in [0.717, 1.165) is 77.5 Å². The molecular formula is C46H27NO2S. The van der Waals surface area contributed by atoms with Gasteiger partial charge in [0.2, 0.25) is 0 Å². The van der Waals surface area contributed by atoms with Gasteiger partial charge in [0, 0.05) is 75.8 Å². The summed E-state index contributed by atoms with van der Waals surface area (Å²) in [5, 5.41) is 9.37. The number of hydrogen-bond donors (Lipinski definition) is 0. The first-order valence-corrected chi connectivity index (χ1v) is 17.6. The molecule has 0 saturated carbocycles. The molecule has 0 fully saturated rings.